The summed E-state index contributed by atoms with van der Waals surface area (Å²) in [5.41, 5.74) is 7.38. The van der Waals surface area contributed by atoms with Gasteiger partial charge in [0, 0.05) is 12.2 Å². The van der Waals surface area contributed by atoms with Crippen LogP contribution in [-0.2, 0) is 4.79 Å². The van der Waals surface area contributed by atoms with Gasteiger partial charge in [-0.2, -0.15) is 5.10 Å². The van der Waals surface area contributed by atoms with Crippen molar-refractivity contribution in [3.05, 3.63) is 47.2 Å². The van der Waals surface area contributed by atoms with Crippen molar-refractivity contribution in [2.75, 3.05) is 0 Å². The summed E-state index contributed by atoms with van der Waals surface area (Å²) in [5, 5.41) is 13.3. The first-order valence-corrected chi connectivity index (χ1v) is 5.72. The minimum atomic E-state index is -0.912. The lowest BCUT2D eigenvalue weighted by atomic mass is 10.0. The summed E-state index contributed by atoms with van der Waals surface area (Å²) in [4.78, 5) is 10.6. The Hall–Kier alpha value is -1.85. The number of hydrogen-bond donors (Lipinski definition) is 2. The van der Waals surface area contributed by atoms with Crippen LogP contribution in [0.1, 0.15) is 18.0 Å². The molecule has 1 aromatic carbocycles. The first-order valence-electron chi connectivity index (χ1n) is 5.34. The van der Waals surface area contributed by atoms with E-state index in [9.17, 15) is 4.79 Å². The van der Waals surface area contributed by atoms with E-state index in [4.69, 9.17) is 22.4 Å². The van der Waals surface area contributed by atoms with Crippen molar-refractivity contribution in [1.82, 2.24) is 9.78 Å². The van der Waals surface area contributed by atoms with E-state index in [0.717, 1.165) is 11.3 Å². The minimum Gasteiger partial charge on any atom is -0.481 e. The van der Waals surface area contributed by atoms with Crippen molar-refractivity contribution in [2.45, 2.75) is 12.5 Å². The van der Waals surface area contributed by atoms with E-state index in [-0.39, 0.29) is 6.42 Å². The Morgan fingerprint density at radius 1 is 1.44 bits per heavy atom. The van der Waals surface area contributed by atoms with Gasteiger partial charge in [-0.1, -0.05) is 23.7 Å². The average molecular weight is 266 g/mol. The lowest BCUT2D eigenvalue weighted by molar-refractivity contribution is -0.137. The van der Waals surface area contributed by atoms with Gasteiger partial charge in [0.05, 0.1) is 23.3 Å². The van der Waals surface area contributed by atoms with Crippen LogP contribution in [0.2, 0.25) is 5.02 Å². The van der Waals surface area contributed by atoms with Gasteiger partial charge in [-0.05, 0) is 17.7 Å². The van der Waals surface area contributed by atoms with Gasteiger partial charge < -0.3 is 10.8 Å². The Kier molecular flexibility index (Phi) is 3.64. The number of nitrogens with zero attached hydrogens (tertiary/aromatic N) is 2. The highest BCUT2D eigenvalue weighted by atomic mass is 35.5. The van der Waals surface area contributed by atoms with Crippen LogP contribution >= 0.6 is 11.6 Å². The number of aromatic nitrogens is 2. The summed E-state index contributed by atoms with van der Waals surface area (Å²) in [5.74, 6) is -0.912. The van der Waals surface area contributed by atoms with E-state index in [1.54, 1.807) is 29.2 Å². The monoisotopic (exact) mass is 265 g/mol. The fourth-order valence-corrected chi connectivity index (χ4v) is 1.76. The molecule has 18 heavy (non-hydrogen) atoms. The minimum absolute atomic E-state index is 0.0903. The molecule has 5 nitrogen and oxygen atoms in total. The largest absolute Gasteiger partial charge is 0.481 e. The van der Waals surface area contributed by atoms with Crippen LogP contribution in [0.3, 0.4) is 0 Å². The number of benzene rings is 1. The third kappa shape index (κ3) is 2.88. The van der Waals surface area contributed by atoms with E-state index in [1.165, 1.54) is 0 Å². The fourth-order valence-electron chi connectivity index (χ4n) is 1.62. The van der Waals surface area contributed by atoms with E-state index >= 15 is 0 Å². The molecule has 0 bridgehead atoms. The number of halogens is 1. The number of rotatable bonds is 4. The molecule has 1 unspecified atom stereocenters. The average Bonchev–Trinajstić information content (AvgIpc) is 2.75. The van der Waals surface area contributed by atoms with Crippen LogP contribution < -0.4 is 5.73 Å². The molecule has 6 heteroatoms. The number of carbonyl (C=O) groups is 1. The highest BCUT2D eigenvalue weighted by Crippen LogP contribution is 2.17. The molecule has 1 atom stereocenters. The second-order valence-corrected chi connectivity index (χ2v) is 4.34. The Bertz CT molecular complexity index is 551. The van der Waals surface area contributed by atoms with Crippen molar-refractivity contribution < 1.29 is 9.90 Å². The standard InChI is InChI=1S/C12H12ClN3O2/c13-9-6-15-16(7-9)10-3-1-8(2-4-10)11(14)5-12(17)18/h1-4,6-7,11H,5,14H2,(H,17,18). The second-order valence-electron chi connectivity index (χ2n) is 3.90. The molecule has 0 aliphatic heterocycles. The zero-order valence-corrected chi connectivity index (χ0v) is 10.2. The highest BCUT2D eigenvalue weighted by Gasteiger charge is 2.10. The quantitative estimate of drug-likeness (QED) is 0.886. The third-order valence-corrected chi connectivity index (χ3v) is 2.73. The zero-order valence-electron chi connectivity index (χ0n) is 9.45. The first kappa shape index (κ1) is 12.6. The van der Waals surface area contributed by atoms with Crippen LogP contribution in [-0.4, -0.2) is 20.9 Å². The molecule has 1 aromatic heterocycles. The summed E-state index contributed by atoms with van der Waals surface area (Å²) in [6.07, 6.45) is 3.15. The number of nitrogens with two attached hydrogens (primary N) is 1. The van der Waals surface area contributed by atoms with Gasteiger partial charge in [-0.25, -0.2) is 4.68 Å². The molecule has 0 aliphatic carbocycles. The predicted octanol–water partition coefficient (Wildman–Crippen LogP) is 2.00. The molecular weight excluding hydrogens is 254 g/mol. The van der Waals surface area contributed by atoms with Crippen LogP contribution in [0.15, 0.2) is 36.7 Å². The van der Waals surface area contributed by atoms with Gasteiger partial charge in [0.25, 0.3) is 0 Å². The molecule has 1 heterocycles. The molecule has 0 spiro atoms. The molecule has 0 fully saturated rings. The molecule has 94 valence electrons. The highest BCUT2D eigenvalue weighted by molar-refractivity contribution is 6.30. The Morgan fingerprint density at radius 3 is 2.61 bits per heavy atom. The van der Waals surface area contributed by atoms with Crippen molar-refractivity contribution in [3.8, 4) is 5.69 Å². The van der Waals surface area contributed by atoms with Gasteiger partial charge in [-0.15, -0.1) is 0 Å². The van der Waals surface area contributed by atoms with Crippen molar-refractivity contribution in [1.29, 1.82) is 0 Å². The smallest absolute Gasteiger partial charge is 0.305 e. The maximum Gasteiger partial charge on any atom is 0.305 e. The van der Waals surface area contributed by atoms with Gasteiger partial charge in [0.2, 0.25) is 0 Å². The zero-order chi connectivity index (χ0) is 13.1. The topological polar surface area (TPSA) is 81.1 Å². The van der Waals surface area contributed by atoms with Crippen molar-refractivity contribution in [3.63, 3.8) is 0 Å². The van der Waals surface area contributed by atoms with E-state index in [2.05, 4.69) is 5.10 Å². The normalized spacial score (nSPS) is 12.3. The molecule has 3 N–H and O–H groups in total. The van der Waals surface area contributed by atoms with Gasteiger partial charge in [0.15, 0.2) is 0 Å². The lowest BCUT2D eigenvalue weighted by Crippen LogP contribution is -2.14. The van der Waals surface area contributed by atoms with Crippen LogP contribution in [0.4, 0.5) is 0 Å². The second kappa shape index (κ2) is 5.20. The summed E-state index contributed by atoms with van der Waals surface area (Å²) >= 11 is 5.78. The van der Waals surface area contributed by atoms with Crippen LogP contribution in [0.25, 0.3) is 5.69 Å². The maximum absolute atomic E-state index is 10.6. The van der Waals surface area contributed by atoms with Crippen molar-refractivity contribution >= 4 is 17.6 Å². The predicted molar refractivity (Wildman–Crippen MR) is 67.8 cm³/mol. The summed E-state index contributed by atoms with van der Waals surface area (Å²) in [6, 6.07) is 6.72. The van der Waals surface area contributed by atoms with E-state index in [0.29, 0.717) is 5.02 Å². The molecule has 0 radical (unpaired) electrons. The summed E-state index contributed by atoms with van der Waals surface area (Å²) < 4.78 is 1.63. The maximum atomic E-state index is 10.6. The SMILES string of the molecule is NC(CC(=O)O)c1ccc(-n2cc(Cl)cn2)cc1. The number of carboxylic acid groups (broad SMARTS) is 1. The van der Waals surface area contributed by atoms with Crippen molar-refractivity contribution in [2.24, 2.45) is 5.73 Å². The first-order chi connectivity index (χ1) is 8.56. The molecule has 0 saturated heterocycles. The molecule has 2 aromatic rings. The molecular formula is C12H12ClN3O2. The van der Waals surface area contributed by atoms with Crippen LogP contribution in [0.5, 0.6) is 0 Å². The van der Waals surface area contributed by atoms with E-state index < -0.39 is 12.0 Å². The molecule has 0 aliphatic rings. The Labute approximate surface area is 109 Å². The molecule has 0 amide bonds. The lowest BCUT2D eigenvalue weighted by Gasteiger charge is -2.10. The number of carboxylic acids is 1. The van der Waals surface area contributed by atoms with E-state index in [1.807, 2.05) is 12.1 Å². The Morgan fingerprint density at radius 2 is 2.11 bits per heavy atom. The fraction of sp³-hybridized carbons (Fsp3) is 0.167. The van der Waals surface area contributed by atoms with Gasteiger partial charge >= 0.3 is 5.97 Å². The van der Waals surface area contributed by atoms with Gasteiger partial charge in [-0.3, -0.25) is 4.79 Å². The number of aliphatic carboxylic acids is 1. The number of hydrogen-bond acceptors (Lipinski definition) is 3. The van der Waals surface area contributed by atoms with Gasteiger partial charge in [0.1, 0.15) is 0 Å². The molecule has 0 saturated carbocycles. The summed E-state index contributed by atoms with van der Waals surface area (Å²) in [6.45, 7) is 0. The summed E-state index contributed by atoms with van der Waals surface area (Å²) in [7, 11) is 0. The third-order valence-electron chi connectivity index (χ3n) is 2.53. The molecule has 2 rings (SSSR count). The van der Waals surface area contributed by atoms with Crippen LogP contribution in [0, 0.1) is 0 Å². The Balaban J connectivity index is 2.17.